The highest BCUT2D eigenvalue weighted by Crippen LogP contribution is 2.69. The monoisotopic (exact) mass is 897 g/mol. The van der Waals surface area contributed by atoms with Crippen molar-refractivity contribution in [2.45, 2.75) is 212 Å². The molecule has 10 atom stereocenters. The number of esters is 2. The predicted octanol–water partition coefficient (Wildman–Crippen LogP) is 10.4. The van der Waals surface area contributed by atoms with Gasteiger partial charge in [-0.2, -0.15) is 0 Å². The third-order valence-electron chi connectivity index (χ3n) is 16.7. The fourth-order valence-electron chi connectivity index (χ4n) is 12.5. The summed E-state index contributed by atoms with van der Waals surface area (Å²) in [4.78, 5) is 29.5. The number of hydrogen-bond donors (Lipinski definition) is 0. The van der Waals surface area contributed by atoms with E-state index in [1.54, 1.807) is 0 Å². The van der Waals surface area contributed by atoms with E-state index < -0.39 is 95.9 Å². The Morgan fingerprint density at radius 2 is 1.43 bits per heavy atom. The Balaban J connectivity index is 1.60. The molecule has 10 nitrogen and oxygen atoms in total. The van der Waals surface area contributed by atoms with Crippen LogP contribution in [0.4, 0.5) is 0 Å². The molecule has 2 bridgehead atoms. The summed E-state index contributed by atoms with van der Waals surface area (Å²) in [6.07, 6.45) is -0.688. The summed E-state index contributed by atoms with van der Waals surface area (Å²) >= 11 is 0. The van der Waals surface area contributed by atoms with Gasteiger partial charge in [0.1, 0.15) is 23.9 Å². The molecule has 2 saturated heterocycles. The Labute approximate surface area is 370 Å². The molecule has 0 spiro atoms. The van der Waals surface area contributed by atoms with Crippen LogP contribution in [0.25, 0.3) is 0 Å². The number of ether oxygens (including phenoxy) is 5. The lowest BCUT2D eigenvalue weighted by atomic mass is 9.44. The van der Waals surface area contributed by atoms with Gasteiger partial charge < -0.3 is 37.0 Å². The van der Waals surface area contributed by atoms with E-state index >= 15 is 4.79 Å². The van der Waals surface area contributed by atoms with Crippen molar-refractivity contribution in [1.29, 1.82) is 0 Å². The predicted molar refractivity (Wildman–Crippen MR) is 244 cm³/mol. The maximum Gasteiger partial charge on any atom is 0.338 e. The molecule has 61 heavy (non-hydrogen) atoms. The van der Waals surface area contributed by atoms with Crippen LogP contribution in [0.3, 0.4) is 0 Å². The maximum atomic E-state index is 15.1. The van der Waals surface area contributed by atoms with E-state index in [1.807, 2.05) is 44.2 Å². The van der Waals surface area contributed by atoms with Crippen LogP contribution < -0.4 is 0 Å². The lowest BCUT2D eigenvalue weighted by Gasteiger charge is -2.70. The normalized spacial score (nSPS) is 36.5. The van der Waals surface area contributed by atoms with Gasteiger partial charge in [-0.25, -0.2) is 4.79 Å². The highest BCUT2D eigenvalue weighted by atomic mass is 28.4. The molecule has 5 fully saturated rings. The number of hydrogen-bond acceptors (Lipinski definition) is 10. The molecule has 7 rings (SSSR count). The first-order chi connectivity index (χ1) is 28.7. The summed E-state index contributed by atoms with van der Waals surface area (Å²) in [6.45, 7) is 31.1. The molecule has 2 heterocycles. The van der Waals surface area contributed by atoms with Crippen LogP contribution in [0.1, 0.15) is 119 Å². The van der Waals surface area contributed by atoms with Gasteiger partial charge in [0.05, 0.1) is 42.3 Å². The fourth-order valence-corrected chi connectivity index (χ4v) is 19.5. The van der Waals surface area contributed by atoms with E-state index in [-0.39, 0.29) is 24.6 Å². The molecule has 1 aromatic carbocycles. The van der Waals surface area contributed by atoms with Crippen molar-refractivity contribution in [3.05, 3.63) is 47.0 Å². The minimum Gasteiger partial charge on any atom is -0.455 e. The number of carbonyl (C=O) groups excluding carboxylic acids is 2. The van der Waals surface area contributed by atoms with Crippen molar-refractivity contribution in [3.63, 3.8) is 0 Å². The van der Waals surface area contributed by atoms with Gasteiger partial charge >= 0.3 is 11.9 Å². The summed E-state index contributed by atoms with van der Waals surface area (Å²) in [7, 11) is -6.08. The van der Waals surface area contributed by atoms with E-state index in [9.17, 15) is 4.79 Å². The van der Waals surface area contributed by atoms with Gasteiger partial charge in [0.2, 0.25) is 9.04 Å². The molecule has 341 valence electrons. The van der Waals surface area contributed by atoms with Crippen molar-refractivity contribution in [2.75, 3.05) is 6.61 Å². The van der Waals surface area contributed by atoms with E-state index in [0.717, 1.165) is 60.3 Å². The van der Waals surface area contributed by atoms with Gasteiger partial charge in [-0.1, -0.05) is 80.5 Å². The first-order valence-electron chi connectivity index (χ1n) is 23.7. The minimum atomic E-state index is -2.32. The van der Waals surface area contributed by atoms with Crippen molar-refractivity contribution < 1.29 is 46.6 Å². The molecule has 13 heteroatoms. The van der Waals surface area contributed by atoms with Crippen LogP contribution in [0.5, 0.6) is 0 Å². The van der Waals surface area contributed by atoms with Crippen molar-refractivity contribution in [2.24, 2.45) is 22.7 Å². The highest BCUT2D eigenvalue weighted by molar-refractivity contribution is 6.74. The molecule has 9 unspecified atom stereocenters. The number of fused-ring (bicyclic) bond motifs is 8. The summed E-state index contributed by atoms with van der Waals surface area (Å²) in [5.41, 5.74) is -1.35. The Morgan fingerprint density at radius 3 is 1.95 bits per heavy atom. The Bertz CT molecular complexity index is 1790. The molecule has 2 aliphatic heterocycles. The highest BCUT2D eigenvalue weighted by Gasteiger charge is 2.80. The van der Waals surface area contributed by atoms with Crippen LogP contribution in [-0.4, -0.2) is 97.8 Å². The molecular formula is C48H77O10Si3. The van der Waals surface area contributed by atoms with Gasteiger partial charge in [-0.3, -0.25) is 4.79 Å². The Morgan fingerprint density at radius 1 is 0.836 bits per heavy atom. The third kappa shape index (κ3) is 7.67. The van der Waals surface area contributed by atoms with Gasteiger partial charge in [-0.05, 0) is 106 Å². The Kier molecular flexibility index (Phi) is 13.1. The van der Waals surface area contributed by atoms with E-state index in [2.05, 4.69) is 82.3 Å². The second kappa shape index (κ2) is 16.9. The standard InChI is InChI=1S/C48H77O10Si3/c1-15-60(16-2,17-3)56-34-29-48(58-59(13)14)41(52-42(49)32-24-22-21-23-25-32)39-46(12,40-38(53-45(10,11)54-40)37(31(34)7)44(48,8)9)35(57-61(18-4,19-5)20-6)28-36-47(39,30-51-36)55-43(50)33-26-27-33/h21-25,33-36,38-41H,15-20,26-30H2,1-14H3/t34?,35?,36?,38?,39?,40?,41?,46-,47?,48?/m1/s1. The second-order valence-electron chi connectivity index (χ2n) is 20.7. The fraction of sp³-hybridized carbons (Fsp3) is 0.792. The molecule has 1 aromatic rings. The van der Waals surface area contributed by atoms with Crippen LogP contribution in [0.2, 0.25) is 49.4 Å². The maximum absolute atomic E-state index is 15.1. The summed E-state index contributed by atoms with van der Waals surface area (Å²) < 4.78 is 59.0. The molecule has 4 aliphatic carbocycles. The van der Waals surface area contributed by atoms with Crippen molar-refractivity contribution in [1.82, 2.24) is 0 Å². The minimum absolute atomic E-state index is 0.157. The smallest absolute Gasteiger partial charge is 0.338 e. The van der Waals surface area contributed by atoms with Crippen molar-refractivity contribution in [3.8, 4) is 0 Å². The number of benzene rings is 1. The van der Waals surface area contributed by atoms with Gasteiger partial charge in [0.15, 0.2) is 28.0 Å². The molecular weight excluding hydrogens is 821 g/mol. The lowest BCUT2D eigenvalue weighted by Crippen LogP contribution is -2.83. The molecule has 1 radical (unpaired) electrons. The first kappa shape index (κ1) is 47.3. The van der Waals surface area contributed by atoms with Gasteiger partial charge in [0, 0.05) is 23.7 Å². The molecule has 0 aromatic heterocycles. The van der Waals surface area contributed by atoms with Crippen LogP contribution >= 0.6 is 0 Å². The van der Waals surface area contributed by atoms with E-state index in [0.29, 0.717) is 18.4 Å². The summed E-state index contributed by atoms with van der Waals surface area (Å²) in [5.74, 6) is -2.47. The third-order valence-corrected chi connectivity index (χ3v) is 26.8. The van der Waals surface area contributed by atoms with E-state index in [4.69, 9.17) is 37.0 Å². The zero-order valence-corrected chi connectivity index (χ0v) is 42.9. The first-order valence-corrected chi connectivity index (χ1v) is 31.2. The molecule has 0 amide bonds. The lowest BCUT2D eigenvalue weighted by molar-refractivity contribution is -0.360. The summed E-state index contributed by atoms with van der Waals surface area (Å²) in [5, 5.41) is 0. The SMILES string of the molecule is CC[Si](CC)(CC)OC1CC2(O[Si](C)C)C(OC(=O)c3ccccc3)C3C4(OC(=O)C5CC5)COC4CC(O[Si](CC)(CC)CC)[C@@]3(C)C3OC(C)(C)OC3C(=C1C)C2(C)C. The average Bonchev–Trinajstić information content (AvgIpc) is 4.03. The van der Waals surface area contributed by atoms with Gasteiger partial charge in [0.25, 0.3) is 0 Å². The second-order valence-corrected chi connectivity index (χ2v) is 32.2. The largest absolute Gasteiger partial charge is 0.455 e. The quantitative estimate of drug-likeness (QED) is 0.0904. The molecule has 6 aliphatic rings. The zero-order valence-electron chi connectivity index (χ0n) is 39.9. The molecule has 3 saturated carbocycles. The Hall–Kier alpha value is -1.69. The van der Waals surface area contributed by atoms with Crippen LogP contribution in [-0.2, 0) is 41.8 Å². The average molecular weight is 898 g/mol. The van der Waals surface area contributed by atoms with Crippen molar-refractivity contribution >= 4 is 37.6 Å². The number of carbonyl (C=O) groups is 2. The molecule has 0 N–H and O–H groups in total. The number of rotatable bonds is 16. The zero-order chi connectivity index (χ0) is 44.6. The topological polar surface area (TPSA) is 108 Å². The summed E-state index contributed by atoms with van der Waals surface area (Å²) in [6, 6.07) is 15.1. The van der Waals surface area contributed by atoms with Crippen LogP contribution in [0, 0.1) is 22.7 Å². The van der Waals surface area contributed by atoms with E-state index in [1.165, 1.54) is 0 Å². The van der Waals surface area contributed by atoms with Gasteiger partial charge in [-0.15, -0.1) is 0 Å². The van der Waals surface area contributed by atoms with Crippen LogP contribution in [0.15, 0.2) is 41.5 Å².